The molecule has 5 heteroatoms. The Kier molecular flexibility index (Phi) is 1.29. The van der Waals surface area contributed by atoms with Gasteiger partial charge >= 0.3 is 5.97 Å². The van der Waals surface area contributed by atoms with Gasteiger partial charge in [-0.3, -0.25) is 9.36 Å². The second-order valence-electron chi connectivity index (χ2n) is 3.29. The van der Waals surface area contributed by atoms with E-state index >= 15 is 0 Å². The normalized spacial score (nSPS) is 22.0. The largest absolute Gasteiger partial charge is 0.464 e. The van der Waals surface area contributed by atoms with Crippen molar-refractivity contribution in [3.8, 4) is 0 Å². The van der Waals surface area contributed by atoms with Gasteiger partial charge < -0.3 is 9.15 Å². The molecule has 0 spiro atoms. The molecule has 1 aliphatic rings. The summed E-state index contributed by atoms with van der Waals surface area (Å²) < 4.78 is 11.3. The summed E-state index contributed by atoms with van der Waals surface area (Å²) in [5.41, 5.74) is 0.486. The Balaban J connectivity index is 2.20. The Labute approximate surface area is 78.2 Å². The van der Waals surface area contributed by atoms with Crippen molar-refractivity contribution in [2.75, 3.05) is 6.61 Å². The zero-order valence-corrected chi connectivity index (χ0v) is 7.23. The van der Waals surface area contributed by atoms with Crippen molar-refractivity contribution in [2.45, 2.75) is 12.5 Å². The number of nitrogens with zero attached hydrogens (tertiary/aromatic N) is 1. The maximum Gasteiger partial charge on any atom is 0.329 e. The number of oxazole rings is 1. The minimum absolute atomic E-state index is 0.244. The lowest BCUT2D eigenvalue weighted by Crippen LogP contribution is -2.24. The molecular weight excluding hydrogens is 186 g/mol. The molecule has 0 unspecified atom stereocenters. The van der Waals surface area contributed by atoms with Crippen molar-refractivity contribution in [3.63, 3.8) is 0 Å². The summed E-state index contributed by atoms with van der Waals surface area (Å²) in [5, 5.41) is 0. The first-order valence-electron chi connectivity index (χ1n) is 4.37. The highest BCUT2D eigenvalue weighted by atomic mass is 16.5. The Hall–Kier alpha value is -1.78. The van der Waals surface area contributed by atoms with Crippen LogP contribution in [0.2, 0.25) is 0 Å². The molecule has 1 atom stereocenters. The minimum Gasteiger partial charge on any atom is -0.464 e. The number of aromatic nitrogens is 1. The molecule has 72 valence electrons. The van der Waals surface area contributed by atoms with E-state index in [0.29, 0.717) is 24.3 Å². The van der Waals surface area contributed by atoms with E-state index in [1.54, 1.807) is 12.1 Å². The molecule has 2 bridgehead atoms. The Bertz CT molecular complexity index is 538. The number of rotatable bonds is 1. The summed E-state index contributed by atoms with van der Waals surface area (Å²) >= 11 is 0. The summed E-state index contributed by atoms with van der Waals surface area (Å²) in [5.74, 6) is -0.351. The van der Waals surface area contributed by atoms with Crippen molar-refractivity contribution in [1.82, 2.24) is 4.57 Å². The lowest BCUT2D eigenvalue weighted by molar-refractivity contribution is -0.140. The number of ether oxygens (including phenoxy) is 1. The number of cyclic esters (lactones) is 1. The lowest BCUT2D eigenvalue weighted by atomic mass is 10.2. The highest BCUT2D eigenvalue weighted by Gasteiger charge is 2.32. The summed E-state index contributed by atoms with van der Waals surface area (Å²) in [6.07, 6.45) is 0.540. The second-order valence-corrected chi connectivity index (χ2v) is 3.29. The van der Waals surface area contributed by atoms with Crippen molar-refractivity contribution >= 4 is 17.3 Å². The van der Waals surface area contributed by atoms with Crippen LogP contribution in [0.3, 0.4) is 0 Å². The lowest BCUT2D eigenvalue weighted by Gasteiger charge is -2.05. The zero-order valence-electron chi connectivity index (χ0n) is 7.23. The summed E-state index contributed by atoms with van der Waals surface area (Å²) in [4.78, 5) is 22.8. The number of carbonyl (C=O) groups is 1. The third kappa shape index (κ3) is 0.787. The van der Waals surface area contributed by atoms with Crippen LogP contribution in [-0.2, 0) is 9.53 Å². The van der Waals surface area contributed by atoms with Gasteiger partial charge in [0, 0.05) is 12.5 Å². The van der Waals surface area contributed by atoms with Gasteiger partial charge in [0.2, 0.25) is 5.71 Å². The summed E-state index contributed by atoms with van der Waals surface area (Å²) in [7, 11) is 0. The fourth-order valence-electron chi connectivity index (χ4n) is 1.81. The first kappa shape index (κ1) is 7.61. The van der Waals surface area contributed by atoms with Crippen LogP contribution in [0.15, 0.2) is 21.3 Å². The second kappa shape index (κ2) is 2.37. The molecule has 14 heavy (non-hydrogen) atoms. The molecule has 0 N–H and O–H groups in total. The van der Waals surface area contributed by atoms with E-state index in [1.807, 2.05) is 0 Å². The molecule has 0 aliphatic carbocycles. The van der Waals surface area contributed by atoms with Gasteiger partial charge in [-0.25, -0.2) is 4.79 Å². The van der Waals surface area contributed by atoms with Gasteiger partial charge in [-0.2, -0.15) is 0 Å². The highest BCUT2D eigenvalue weighted by Crippen LogP contribution is 2.23. The average molecular weight is 193 g/mol. The van der Waals surface area contributed by atoms with Crippen LogP contribution in [0.4, 0.5) is 0 Å². The highest BCUT2D eigenvalue weighted by molar-refractivity contribution is 5.77. The molecule has 2 aromatic rings. The van der Waals surface area contributed by atoms with Crippen LogP contribution in [-0.4, -0.2) is 17.1 Å². The van der Waals surface area contributed by atoms with Crippen LogP contribution in [0, 0.1) is 0 Å². The monoisotopic (exact) mass is 193 g/mol. The Morgan fingerprint density at radius 1 is 1.36 bits per heavy atom. The number of hydrogen-bond donors (Lipinski definition) is 0. The Morgan fingerprint density at radius 3 is 2.79 bits per heavy atom. The van der Waals surface area contributed by atoms with Gasteiger partial charge in [-0.05, 0) is 6.07 Å². The van der Waals surface area contributed by atoms with E-state index in [-0.39, 0.29) is 11.5 Å². The van der Waals surface area contributed by atoms with E-state index in [0.717, 1.165) is 0 Å². The molecule has 1 aliphatic heterocycles. The van der Waals surface area contributed by atoms with Gasteiger partial charge in [-0.1, -0.05) is 0 Å². The van der Waals surface area contributed by atoms with Crippen LogP contribution in [0.25, 0.3) is 11.3 Å². The first-order chi connectivity index (χ1) is 6.77. The number of fused-ring (bicyclic) bond motifs is 2. The molecular formula is C9H7NO4. The molecule has 5 nitrogen and oxygen atoms in total. The maximum absolute atomic E-state index is 11.6. The molecule has 2 aromatic heterocycles. The molecule has 0 aromatic carbocycles. The van der Waals surface area contributed by atoms with E-state index in [1.165, 1.54) is 4.57 Å². The number of carbonyl (C=O) groups excluding carboxylic acids is 1. The van der Waals surface area contributed by atoms with Crippen molar-refractivity contribution in [1.29, 1.82) is 0 Å². The fourth-order valence-corrected chi connectivity index (χ4v) is 1.81. The maximum atomic E-state index is 11.6. The van der Waals surface area contributed by atoms with E-state index in [4.69, 9.17) is 9.15 Å². The summed E-state index contributed by atoms with van der Waals surface area (Å²) in [6, 6.07) is 2.79. The number of pyridine rings is 1. The topological polar surface area (TPSA) is 61.4 Å². The molecule has 1 fully saturated rings. The van der Waals surface area contributed by atoms with Crippen LogP contribution in [0.5, 0.6) is 0 Å². The molecule has 0 amide bonds. The van der Waals surface area contributed by atoms with E-state index in [9.17, 15) is 9.59 Å². The van der Waals surface area contributed by atoms with Crippen molar-refractivity contribution < 1.29 is 13.9 Å². The third-order valence-corrected chi connectivity index (χ3v) is 2.48. The standard InChI is InChI=1S/C9H7NO4/c11-8-6-1-2-7(14-6)10(8)5-3-4-13-9(5)12/h1-2,5H,3-4H2/t5-/m0/s1. The van der Waals surface area contributed by atoms with Gasteiger partial charge in [0.15, 0.2) is 5.58 Å². The SMILES string of the molecule is O=C1OCC[C@@H]1n1c(=O)c2ccc1o2. The number of furan rings is 1. The molecule has 3 heterocycles. The van der Waals surface area contributed by atoms with Crippen LogP contribution < -0.4 is 5.56 Å². The predicted octanol–water partition coefficient (Wildman–Crippen LogP) is 0.520. The van der Waals surface area contributed by atoms with Gasteiger partial charge in [0.1, 0.15) is 6.04 Å². The average Bonchev–Trinajstić information content (AvgIpc) is 2.81. The molecule has 3 rings (SSSR count). The molecule has 0 saturated carbocycles. The van der Waals surface area contributed by atoms with Crippen molar-refractivity contribution in [3.05, 3.63) is 22.5 Å². The number of hydrogen-bond acceptors (Lipinski definition) is 4. The predicted molar refractivity (Wildman–Crippen MR) is 46.3 cm³/mol. The molecule has 1 saturated heterocycles. The smallest absolute Gasteiger partial charge is 0.329 e. The van der Waals surface area contributed by atoms with Gasteiger partial charge in [0.05, 0.1) is 6.61 Å². The minimum atomic E-state index is -0.500. The van der Waals surface area contributed by atoms with Crippen LogP contribution >= 0.6 is 0 Å². The third-order valence-electron chi connectivity index (χ3n) is 2.48. The van der Waals surface area contributed by atoms with E-state index < -0.39 is 6.04 Å². The van der Waals surface area contributed by atoms with Crippen molar-refractivity contribution in [2.24, 2.45) is 0 Å². The van der Waals surface area contributed by atoms with Crippen LogP contribution in [0.1, 0.15) is 12.5 Å². The first-order valence-corrected chi connectivity index (χ1v) is 4.37. The van der Waals surface area contributed by atoms with E-state index in [2.05, 4.69) is 0 Å². The fraction of sp³-hybridized carbons (Fsp3) is 0.333. The zero-order chi connectivity index (χ0) is 9.71. The van der Waals surface area contributed by atoms with Gasteiger partial charge in [0.25, 0.3) is 5.56 Å². The Morgan fingerprint density at radius 2 is 2.21 bits per heavy atom. The summed E-state index contributed by atoms with van der Waals surface area (Å²) in [6.45, 7) is 0.375. The number of esters is 1. The quantitative estimate of drug-likeness (QED) is 0.619. The molecule has 0 radical (unpaired) electrons. The van der Waals surface area contributed by atoms with Gasteiger partial charge in [-0.15, -0.1) is 0 Å².